The average molecular weight is 410 g/mol. The third-order valence-corrected chi connectivity index (χ3v) is 6.06. The number of fused-ring (bicyclic) bond motifs is 1. The third-order valence-electron chi connectivity index (χ3n) is 4.69. The van der Waals surface area contributed by atoms with Crippen LogP contribution in [-0.4, -0.2) is 28.3 Å². The van der Waals surface area contributed by atoms with Crippen molar-refractivity contribution in [3.8, 4) is 11.5 Å². The molecular formula is C22H19NO3S2. The number of thioether (sulfide) groups is 1. The van der Waals surface area contributed by atoms with Gasteiger partial charge < -0.3 is 9.47 Å². The Bertz CT molecular complexity index is 995. The van der Waals surface area contributed by atoms with Gasteiger partial charge in [-0.25, -0.2) is 0 Å². The monoisotopic (exact) mass is 409 g/mol. The van der Waals surface area contributed by atoms with Gasteiger partial charge in [0.05, 0.1) is 18.6 Å². The highest BCUT2D eigenvalue weighted by molar-refractivity contribution is 8.26. The number of para-hydroxylation sites is 1. The first-order chi connectivity index (χ1) is 13.5. The molecule has 0 saturated carbocycles. The van der Waals surface area contributed by atoms with E-state index in [0.717, 1.165) is 28.2 Å². The van der Waals surface area contributed by atoms with Gasteiger partial charge in [-0.2, -0.15) is 0 Å². The maximum Gasteiger partial charge on any atom is 0.266 e. The maximum atomic E-state index is 12.9. The van der Waals surface area contributed by atoms with Crippen molar-refractivity contribution in [1.82, 2.24) is 4.90 Å². The van der Waals surface area contributed by atoms with Gasteiger partial charge >= 0.3 is 0 Å². The fourth-order valence-electron chi connectivity index (χ4n) is 3.12. The minimum Gasteiger partial charge on any atom is -0.497 e. The van der Waals surface area contributed by atoms with E-state index >= 15 is 0 Å². The summed E-state index contributed by atoms with van der Waals surface area (Å²) in [5.41, 5.74) is 2.98. The Morgan fingerprint density at radius 2 is 1.96 bits per heavy atom. The Hall–Kier alpha value is -2.57. The van der Waals surface area contributed by atoms with Crippen LogP contribution in [0.4, 0.5) is 0 Å². The van der Waals surface area contributed by atoms with Gasteiger partial charge in [-0.1, -0.05) is 54.3 Å². The van der Waals surface area contributed by atoms with Crippen LogP contribution in [0, 0.1) is 0 Å². The van der Waals surface area contributed by atoms with E-state index in [2.05, 4.69) is 6.08 Å². The van der Waals surface area contributed by atoms with E-state index in [9.17, 15) is 4.79 Å². The number of thiocarbonyl (C=S) groups is 1. The van der Waals surface area contributed by atoms with Crippen LogP contribution < -0.4 is 9.47 Å². The predicted octanol–water partition coefficient (Wildman–Crippen LogP) is 4.80. The highest BCUT2D eigenvalue weighted by Gasteiger charge is 2.33. The second-order valence-electron chi connectivity index (χ2n) is 6.56. The SMILES string of the molecule is COc1ccc(CN2C(=O)/C(=C/C3=Cc4ccccc4OC3C)SC2=S)cc1. The van der Waals surface area contributed by atoms with E-state index in [-0.39, 0.29) is 12.0 Å². The molecule has 142 valence electrons. The van der Waals surface area contributed by atoms with Crippen LogP contribution in [0.25, 0.3) is 6.08 Å². The number of carbonyl (C=O) groups excluding carboxylic acids is 1. The van der Waals surface area contributed by atoms with Crippen molar-refractivity contribution < 1.29 is 14.3 Å². The number of methoxy groups -OCH3 is 1. The zero-order valence-electron chi connectivity index (χ0n) is 15.5. The van der Waals surface area contributed by atoms with Crippen molar-refractivity contribution in [3.05, 3.63) is 76.2 Å². The normalized spacial score (nSPS) is 20.1. The highest BCUT2D eigenvalue weighted by atomic mass is 32.2. The van der Waals surface area contributed by atoms with Crippen LogP contribution in [0.5, 0.6) is 11.5 Å². The molecule has 6 heteroatoms. The van der Waals surface area contributed by atoms with E-state index in [1.807, 2.05) is 61.5 Å². The molecular weight excluding hydrogens is 390 g/mol. The number of ether oxygens (including phenoxy) is 2. The van der Waals surface area contributed by atoms with Gasteiger partial charge in [-0.3, -0.25) is 9.69 Å². The summed E-state index contributed by atoms with van der Waals surface area (Å²) in [6, 6.07) is 15.5. The van der Waals surface area contributed by atoms with Crippen molar-refractivity contribution in [2.75, 3.05) is 7.11 Å². The lowest BCUT2D eigenvalue weighted by Crippen LogP contribution is -2.27. The number of rotatable bonds is 4. The summed E-state index contributed by atoms with van der Waals surface area (Å²) < 4.78 is 11.7. The van der Waals surface area contributed by atoms with Gasteiger partial charge in [0.2, 0.25) is 0 Å². The smallest absolute Gasteiger partial charge is 0.266 e. The fraction of sp³-hybridized carbons (Fsp3) is 0.182. The minimum absolute atomic E-state index is 0.0715. The summed E-state index contributed by atoms with van der Waals surface area (Å²) in [6.45, 7) is 2.43. The predicted molar refractivity (Wildman–Crippen MR) is 116 cm³/mol. The van der Waals surface area contributed by atoms with Gasteiger partial charge in [-0.15, -0.1) is 0 Å². The molecule has 2 aromatic rings. The fourth-order valence-corrected chi connectivity index (χ4v) is 4.38. The lowest BCUT2D eigenvalue weighted by molar-refractivity contribution is -0.122. The average Bonchev–Trinajstić information content (AvgIpc) is 2.96. The summed E-state index contributed by atoms with van der Waals surface area (Å²) >= 11 is 6.79. The van der Waals surface area contributed by atoms with Gasteiger partial charge in [0.25, 0.3) is 5.91 Å². The standard InChI is InChI=1S/C22H19NO3S2/c1-14-17(11-16-5-3-4-6-19(16)26-14)12-20-21(24)23(22(27)28-20)13-15-7-9-18(25-2)10-8-15/h3-12,14H,13H2,1-2H3/b20-12-. The topological polar surface area (TPSA) is 38.8 Å². The number of hydrogen-bond donors (Lipinski definition) is 0. The zero-order chi connectivity index (χ0) is 19.7. The molecule has 0 spiro atoms. The number of hydrogen-bond acceptors (Lipinski definition) is 5. The lowest BCUT2D eigenvalue weighted by Gasteiger charge is -2.23. The van der Waals surface area contributed by atoms with Crippen LogP contribution in [0.15, 0.2) is 65.1 Å². The largest absolute Gasteiger partial charge is 0.497 e. The van der Waals surface area contributed by atoms with Crippen molar-refractivity contribution >= 4 is 40.3 Å². The van der Waals surface area contributed by atoms with Crippen LogP contribution in [-0.2, 0) is 11.3 Å². The van der Waals surface area contributed by atoms with Gasteiger partial charge in [-0.05, 0) is 48.4 Å². The molecule has 1 atom stereocenters. The molecule has 0 N–H and O–H groups in total. The quantitative estimate of drug-likeness (QED) is 0.536. The second kappa shape index (κ2) is 7.81. The molecule has 2 aromatic carbocycles. The van der Waals surface area contributed by atoms with Gasteiger partial charge in [0, 0.05) is 5.56 Å². The number of nitrogens with zero attached hydrogens (tertiary/aromatic N) is 1. The van der Waals surface area contributed by atoms with Crippen molar-refractivity contribution in [2.45, 2.75) is 19.6 Å². The maximum absolute atomic E-state index is 12.9. The molecule has 28 heavy (non-hydrogen) atoms. The Morgan fingerprint density at radius 3 is 2.71 bits per heavy atom. The number of amides is 1. The molecule has 2 heterocycles. The Kier molecular flexibility index (Phi) is 5.24. The molecule has 4 rings (SSSR count). The molecule has 4 nitrogen and oxygen atoms in total. The van der Waals surface area contributed by atoms with E-state index in [1.165, 1.54) is 11.8 Å². The van der Waals surface area contributed by atoms with Crippen LogP contribution in [0.2, 0.25) is 0 Å². The van der Waals surface area contributed by atoms with Crippen molar-refractivity contribution in [2.24, 2.45) is 0 Å². The van der Waals surface area contributed by atoms with E-state index in [1.54, 1.807) is 12.0 Å². The molecule has 0 aromatic heterocycles. The minimum atomic E-state index is -0.125. The Labute approximate surface area is 173 Å². The first kappa shape index (κ1) is 18.8. The first-order valence-electron chi connectivity index (χ1n) is 8.91. The highest BCUT2D eigenvalue weighted by Crippen LogP contribution is 2.36. The molecule has 0 bridgehead atoms. The number of benzene rings is 2. The Morgan fingerprint density at radius 1 is 1.21 bits per heavy atom. The second-order valence-corrected chi connectivity index (χ2v) is 8.23. The number of carbonyl (C=O) groups is 1. The first-order valence-corrected chi connectivity index (χ1v) is 10.1. The molecule has 2 aliphatic heterocycles. The third kappa shape index (κ3) is 3.70. The summed E-state index contributed by atoms with van der Waals surface area (Å²) in [4.78, 5) is 15.2. The lowest BCUT2D eigenvalue weighted by atomic mass is 10.0. The Balaban J connectivity index is 1.55. The van der Waals surface area contributed by atoms with E-state index < -0.39 is 0 Å². The molecule has 1 unspecified atom stereocenters. The van der Waals surface area contributed by atoms with Crippen LogP contribution >= 0.6 is 24.0 Å². The van der Waals surface area contributed by atoms with Gasteiger partial charge in [0.15, 0.2) is 0 Å². The molecule has 1 saturated heterocycles. The summed E-state index contributed by atoms with van der Waals surface area (Å²) in [6.07, 6.45) is 3.84. The van der Waals surface area contributed by atoms with E-state index in [0.29, 0.717) is 15.8 Å². The molecule has 0 aliphatic carbocycles. The van der Waals surface area contributed by atoms with Gasteiger partial charge in [0.1, 0.15) is 21.9 Å². The molecule has 2 aliphatic rings. The van der Waals surface area contributed by atoms with Crippen LogP contribution in [0.3, 0.4) is 0 Å². The van der Waals surface area contributed by atoms with Crippen molar-refractivity contribution in [3.63, 3.8) is 0 Å². The molecule has 0 radical (unpaired) electrons. The zero-order valence-corrected chi connectivity index (χ0v) is 17.2. The van der Waals surface area contributed by atoms with E-state index in [4.69, 9.17) is 21.7 Å². The summed E-state index contributed by atoms with van der Waals surface area (Å²) in [5, 5.41) is 0. The van der Waals surface area contributed by atoms with Crippen LogP contribution in [0.1, 0.15) is 18.1 Å². The summed E-state index contributed by atoms with van der Waals surface area (Å²) in [5.74, 6) is 1.57. The van der Waals surface area contributed by atoms with Crippen molar-refractivity contribution in [1.29, 1.82) is 0 Å². The molecule has 1 amide bonds. The molecule has 1 fully saturated rings. The summed E-state index contributed by atoms with van der Waals surface area (Å²) in [7, 11) is 1.63.